The van der Waals surface area contributed by atoms with Gasteiger partial charge in [-0.2, -0.15) is 0 Å². The van der Waals surface area contributed by atoms with E-state index < -0.39 is 0 Å². The molecule has 4 aromatic rings. The molecule has 0 bridgehead atoms. The van der Waals surface area contributed by atoms with Gasteiger partial charge in [0.25, 0.3) is 5.91 Å². The van der Waals surface area contributed by atoms with Crippen molar-refractivity contribution in [3.05, 3.63) is 96.1 Å². The molecule has 0 aliphatic heterocycles. The van der Waals surface area contributed by atoms with Crippen LogP contribution in [0.5, 0.6) is 11.5 Å². The number of halogens is 1. The molecular formula is C28H27FN4O3. The van der Waals surface area contributed by atoms with Crippen LogP contribution in [0.15, 0.2) is 79.1 Å². The molecule has 0 spiro atoms. The molecule has 36 heavy (non-hydrogen) atoms. The van der Waals surface area contributed by atoms with Gasteiger partial charge in [-0.25, -0.2) is 14.4 Å². The van der Waals surface area contributed by atoms with E-state index in [1.165, 1.54) is 18.5 Å². The molecule has 3 aromatic carbocycles. The smallest absolute Gasteiger partial charge is 0.251 e. The van der Waals surface area contributed by atoms with Gasteiger partial charge in [0.05, 0.1) is 18.9 Å². The van der Waals surface area contributed by atoms with Crippen molar-refractivity contribution in [1.82, 2.24) is 15.3 Å². The van der Waals surface area contributed by atoms with Gasteiger partial charge in [-0.3, -0.25) is 4.79 Å². The first-order valence-corrected chi connectivity index (χ1v) is 11.7. The molecule has 1 aromatic heterocycles. The lowest BCUT2D eigenvalue weighted by atomic mass is 10.1. The average Bonchev–Trinajstić information content (AvgIpc) is 2.89. The number of aromatic nitrogens is 2. The summed E-state index contributed by atoms with van der Waals surface area (Å²) in [5.74, 6) is 1.38. The maximum atomic E-state index is 13.5. The number of nitrogens with zero attached hydrogens (tertiary/aromatic N) is 2. The number of hydrogen-bond donors (Lipinski definition) is 2. The van der Waals surface area contributed by atoms with E-state index in [9.17, 15) is 9.18 Å². The number of benzene rings is 3. The fraction of sp³-hybridized carbons (Fsp3) is 0.179. The van der Waals surface area contributed by atoms with Crippen molar-refractivity contribution >= 4 is 17.4 Å². The fourth-order valence-corrected chi connectivity index (χ4v) is 3.57. The molecule has 0 saturated heterocycles. The Balaban J connectivity index is 1.37. The van der Waals surface area contributed by atoms with Crippen LogP contribution in [-0.4, -0.2) is 29.1 Å². The van der Waals surface area contributed by atoms with Crippen LogP contribution in [0.25, 0.3) is 11.3 Å². The SMILES string of the molecule is CCOc1ccc(CNC(=O)c2ccc(Nc3cc(-c4cccc(F)c4)ncn3)cc2)cc1OCC. The molecule has 0 fully saturated rings. The van der Waals surface area contributed by atoms with E-state index in [-0.39, 0.29) is 11.7 Å². The standard InChI is InChI=1S/C28H27FN4O3/c1-3-35-25-13-8-19(14-26(25)36-4-2)17-30-28(34)20-9-11-23(12-10-20)33-27-16-24(31-18-32-27)21-6-5-7-22(29)15-21/h5-16,18H,3-4,17H2,1-2H3,(H,30,34)(H,31,32,33). The summed E-state index contributed by atoms with van der Waals surface area (Å²) in [6.45, 7) is 5.26. The molecule has 0 aliphatic carbocycles. The Labute approximate surface area is 209 Å². The quantitative estimate of drug-likeness (QED) is 0.297. The van der Waals surface area contributed by atoms with Crippen LogP contribution in [0.2, 0.25) is 0 Å². The second-order valence-electron chi connectivity index (χ2n) is 7.83. The molecule has 184 valence electrons. The molecular weight excluding hydrogens is 459 g/mol. The summed E-state index contributed by atoms with van der Waals surface area (Å²) >= 11 is 0. The van der Waals surface area contributed by atoms with Gasteiger partial charge in [-0.05, 0) is 67.9 Å². The number of rotatable bonds is 10. The summed E-state index contributed by atoms with van der Waals surface area (Å²) < 4.78 is 24.8. The highest BCUT2D eigenvalue weighted by Gasteiger charge is 2.10. The molecule has 7 nitrogen and oxygen atoms in total. The third-order valence-electron chi connectivity index (χ3n) is 5.27. The topological polar surface area (TPSA) is 85.4 Å². The monoisotopic (exact) mass is 486 g/mol. The molecule has 8 heteroatoms. The molecule has 4 rings (SSSR count). The fourth-order valence-electron chi connectivity index (χ4n) is 3.57. The number of nitrogens with one attached hydrogen (secondary N) is 2. The lowest BCUT2D eigenvalue weighted by molar-refractivity contribution is 0.0951. The highest BCUT2D eigenvalue weighted by molar-refractivity contribution is 5.94. The maximum absolute atomic E-state index is 13.5. The van der Waals surface area contributed by atoms with Crippen molar-refractivity contribution in [2.45, 2.75) is 20.4 Å². The zero-order valence-corrected chi connectivity index (χ0v) is 20.1. The van der Waals surface area contributed by atoms with Gasteiger partial charge in [0.15, 0.2) is 11.5 Å². The summed E-state index contributed by atoms with van der Waals surface area (Å²) in [7, 11) is 0. The molecule has 0 atom stereocenters. The van der Waals surface area contributed by atoms with Gasteiger partial charge in [-0.15, -0.1) is 0 Å². The van der Waals surface area contributed by atoms with Crippen LogP contribution >= 0.6 is 0 Å². The first-order valence-electron chi connectivity index (χ1n) is 11.7. The molecule has 1 amide bonds. The van der Waals surface area contributed by atoms with Crippen LogP contribution in [0, 0.1) is 5.82 Å². The minimum absolute atomic E-state index is 0.191. The number of hydrogen-bond acceptors (Lipinski definition) is 6. The molecule has 0 unspecified atom stereocenters. The van der Waals surface area contributed by atoms with Crippen molar-refractivity contribution in [2.24, 2.45) is 0 Å². The second kappa shape index (κ2) is 11.8. The lowest BCUT2D eigenvalue weighted by Gasteiger charge is -2.13. The van der Waals surface area contributed by atoms with Gasteiger partial charge in [0.2, 0.25) is 0 Å². The summed E-state index contributed by atoms with van der Waals surface area (Å²) in [5.41, 5.74) is 3.45. The number of anilines is 2. The summed E-state index contributed by atoms with van der Waals surface area (Å²) in [5, 5.41) is 6.11. The average molecular weight is 487 g/mol. The third kappa shape index (κ3) is 6.35. The predicted octanol–water partition coefficient (Wildman–Crippen LogP) is 5.75. The van der Waals surface area contributed by atoms with E-state index in [0.717, 1.165) is 11.3 Å². The van der Waals surface area contributed by atoms with Crippen molar-refractivity contribution < 1.29 is 18.7 Å². The maximum Gasteiger partial charge on any atom is 0.251 e. The number of carbonyl (C=O) groups excluding carboxylic acids is 1. The zero-order valence-electron chi connectivity index (χ0n) is 20.1. The van der Waals surface area contributed by atoms with Crippen LogP contribution in [0.3, 0.4) is 0 Å². The predicted molar refractivity (Wildman–Crippen MR) is 137 cm³/mol. The van der Waals surface area contributed by atoms with Crippen LogP contribution in [0.1, 0.15) is 29.8 Å². The van der Waals surface area contributed by atoms with E-state index in [4.69, 9.17) is 9.47 Å². The van der Waals surface area contributed by atoms with E-state index in [1.807, 2.05) is 32.0 Å². The molecule has 0 radical (unpaired) electrons. The molecule has 0 aliphatic rings. The van der Waals surface area contributed by atoms with Crippen molar-refractivity contribution in [2.75, 3.05) is 18.5 Å². The number of ether oxygens (including phenoxy) is 2. The van der Waals surface area contributed by atoms with E-state index in [1.54, 1.807) is 42.5 Å². The van der Waals surface area contributed by atoms with Crippen LogP contribution in [0.4, 0.5) is 15.9 Å². The largest absolute Gasteiger partial charge is 0.490 e. The summed E-state index contributed by atoms with van der Waals surface area (Å²) in [6.07, 6.45) is 1.42. The number of carbonyl (C=O) groups is 1. The normalized spacial score (nSPS) is 10.5. The third-order valence-corrected chi connectivity index (χ3v) is 5.27. The van der Waals surface area contributed by atoms with Crippen molar-refractivity contribution in [1.29, 1.82) is 0 Å². The lowest BCUT2D eigenvalue weighted by Crippen LogP contribution is -2.22. The molecule has 2 N–H and O–H groups in total. The Morgan fingerprint density at radius 1 is 0.889 bits per heavy atom. The van der Waals surface area contributed by atoms with Gasteiger partial charge in [0.1, 0.15) is 18.0 Å². The van der Waals surface area contributed by atoms with Crippen LogP contribution in [-0.2, 0) is 6.54 Å². The Morgan fingerprint density at radius 2 is 1.67 bits per heavy atom. The summed E-state index contributed by atoms with van der Waals surface area (Å²) in [6, 6.07) is 20.7. The first-order chi connectivity index (χ1) is 17.6. The minimum atomic E-state index is -0.327. The van der Waals surface area contributed by atoms with Crippen molar-refractivity contribution in [3.8, 4) is 22.8 Å². The van der Waals surface area contributed by atoms with Gasteiger partial charge >= 0.3 is 0 Å². The Hall–Kier alpha value is -4.46. The Bertz CT molecular complexity index is 1330. The van der Waals surface area contributed by atoms with Crippen molar-refractivity contribution in [3.63, 3.8) is 0 Å². The highest BCUT2D eigenvalue weighted by Crippen LogP contribution is 2.28. The number of amides is 1. The van der Waals surface area contributed by atoms with E-state index in [2.05, 4.69) is 20.6 Å². The van der Waals surface area contributed by atoms with Gasteiger partial charge in [-0.1, -0.05) is 18.2 Å². The minimum Gasteiger partial charge on any atom is -0.490 e. The van der Waals surface area contributed by atoms with Gasteiger partial charge < -0.3 is 20.1 Å². The zero-order chi connectivity index (χ0) is 25.3. The molecule has 1 heterocycles. The Morgan fingerprint density at radius 3 is 2.42 bits per heavy atom. The van der Waals surface area contributed by atoms with E-state index >= 15 is 0 Å². The molecule has 0 saturated carbocycles. The summed E-state index contributed by atoms with van der Waals surface area (Å²) in [4.78, 5) is 21.1. The van der Waals surface area contributed by atoms with E-state index in [0.29, 0.717) is 53.9 Å². The first kappa shape index (κ1) is 24.7. The Kier molecular flexibility index (Phi) is 8.08. The van der Waals surface area contributed by atoms with Crippen LogP contribution < -0.4 is 20.1 Å². The second-order valence-corrected chi connectivity index (χ2v) is 7.83. The highest BCUT2D eigenvalue weighted by atomic mass is 19.1. The van der Waals surface area contributed by atoms with Gasteiger partial charge in [0, 0.05) is 29.4 Å².